The summed E-state index contributed by atoms with van der Waals surface area (Å²) in [5.74, 6) is -0.427. The van der Waals surface area contributed by atoms with Crippen molar-refractivity contribution in [3.8, 4) is 0 Å². The van der Waals surface area contributed by atoms with E-state index >= 15 is 0 Å². The zero-order valence-electron chi connectivity index (χ0n) is 18.8. The molecule has 2 fully saturated rings. The molecular weight excluding hydrogens is 443 g/mol. The Balaban J connectivity index is 1.45. The van der Waals surface area contributed by atoms with E-state index in [1.807, 2.05) is 0 Å². The highest BCUT2D eigenvalue weighted by Crippen LogP contribution is 2.22. The van der Waals surface area contributed by atoms with Crippen molar-refractivity contribution in [2.24, 2.45) is 0 Å². The van der Waals surface area contributed by atoms with Gasteiger partial charge in [0.15, 0.2) is 0 Å². The minimum absolute atomic E-state index is 0.0143. The fraction of sp³-hybridized carbons (Fsp3) is 0.480. The molecule has 6 nitrogen and oxygen atoms in total. The van der Waals surface area contributed by atoms with Crippen LogP contribution in [0, 0.1) is 5.82 Å². The molecule has 8 heteroatoms. The molecule has 1 unspecified atom stereocenters. The van der Waals surface area contributed by atoms with Crippen molar-refractivity contribution in [2.45, 2.75) is 56.1 Å². The fourth-order valence-corrected chi connectivity index (χ4v) is 5.98. The van der Waals surface area contributed by atoms with Gasteiger partial charge in [0, 0.05) is 32.8 Å². The van der Waals surface area contributed by atoms with Crippen molar-refractivity contribution < 1.29 is 22.3 Å². The van der Waals surface area contributed by atoms with Gasteiger partial charge in [0.1, 0.15) is 5.82 Å². The molecule has 2 heterocycles. The van der Waals surface area contributed by atoms with Gasteiger partial charge in [-0.3, -0.25) is 4.79 Å². The van der Waals surface area contributed by atoms with Crippen LogP contribution in [0.2, 0.25) is 0 Å². The molecule has 0 saturated carbocycles. The van der Waals surface area contributed by atoms with Gasteiger partial charge in [-0.25, -0.2) is 12.8 Å². The lowest BCUT2D eigenvalue weighted by atomic mass is 10.1. The zero-order valence-corrected chi connectivity index (χ0v) is 19.6. The molecule has 178 valence electrons. The quantitative estimate of drug-likeness (QED) is 0.585. The molecule has 2 aromatic carbocycles. The molecule has 2 saturated heterocycles. The minimum atomic E-state index is -3.50. The third-order valence-corrected chi connectivity index (χ3v) is 8.21. The first-order valence-corrected chi connectivity index (χ1v) is 13.1. The zero-order chi connectivity index (χ0) is 23.3. The Morgan fingerprint density at radius 2 is 1.79 bits per heavy atom. The third-order valence-electron chi connectivity index (χ3n) is 6.29. The number of benzene rings is 2. The van der Waals surface area contributed by atoms with Crippen molar-refractivity contribution in [3.63, 3.8) is 0 Å². The number of rotatable bonds is 8. The first-order valence-electron chi connectivity index (χ1n) is 11.6. The lowest BCUT2D eigenvalue weighted by molar-refractivity contribution is -0.132. The van der Waals surface area contributed by atoms with E-state index in [0.717, 1.165) is 43.2 Å². The van der Waals surface area contributed by atoms with E-state index in [-0.39, 0.29) is 29.1 Å². The second-order valence-corrected chi connectivity index (χ2v) is 10.8. The first-order chi connectivity index (χ1) is 15.9. The molecule has 0 N–H and O–H groups in total. The Kier molecular flexibility index (Phi) is 7.78. The van der Waals surface area contributed by atoms with Gasteiger partial charge in [-0.05, 0) is 61.1 Å². The molecule has 0 aliphatic carbocycles. The smallest absolute Gasteiger partial charge is 0.243 e. The summed E-state index contributed by atoms with van der Waals surface area (Å²) < 4.78 is 46.6. The molecule has 0 radical (unpaired) electrons. The van der Waals surface area contributed by atoms with Crippen molar-refractivity contribution in [3.05, 3.63) is 65.5 Å². The van der Waals surface area contributed by atoms with E-state index in [2.05, 4.69) is 0 Å². The molecule has 2 aliphatic rings. The number of ether oxygens (including phenoxy) is 1. The van der Waals surface area contributed by atoms with Crippen LogP contribution < -0.4 is 0 Å². The number of sulfonamides is 1. The van der Waals surface area contributed by atoms with Crippen LogP contribution in [0.3, 0.4) is 0 Å². The van der Waals surface area contributed by atoms with Crippen molar-refractivity contribution in [1.82, 2.24) is 9.21 Å². The molecule has 0 spiro atoms. The maximum absolute atomic E-state index is 13.7. The van der Waals surface area contributed by atoms with Gasteiger partial charge in [0.2, 0.25) is 15.9 Å². The summed E-state index contributed by atoms with van der Waals surface area (Å²) in [6.45, 7) is 2.57. The van der Waals surface area contributed by atoms with Crippen molar-refractivity contribution in [2.75, 3.05) is 26.2 Å². The molecule has 2 aliphatic heterocycles. The molecular formula is C25H31FN2O4S. The molecule has 33 heavy (non-hydrogen) atoms. The van der Waals surface area contributed by atoms with E-state index in [1.165, 1.54) is 12.1 Å². The van der Waals surface area contributed by atoms with Gasteiger partial charge in [-0.1, -0.05) is 30.7 Å². The van der Waals surface area contributed by atoms with Gasteiger partial charge in [0.25, 0.3) is 0 Å². The topological polar surface area (TPSA) is 66.9 Å². The second-order valence-electron chi connectivity index (χ2n) is 8.82. The highest BCUT2D eigenvalue weighted by atomic mass is 32.2. The van der Waals surface area contributed by atoms with E-state index < -0.39 is 10.0 Å². The predicted octanol–water partition coefficient (Wildman–Crippen LogP) is 3.75. The van der Waals surface area contributed by atoms with Crippen LogP contribution in [0.1, 0.15) is 43.2 Å². The lowest BCUT2D eigenvalue weighted by Gasteiger charge is -2.26. The summed E-state index contributed by atoms with van der Waals surface area (Å²) in [4.78, 5) is 15.1. The molecule has 0 aromatic heterocycles. The van der Waals surface area contributed by atoms with Crippen LogP contribution in [0.4, 0.5) is 4.39 Å². The lowest BCUT2D eigenvalue weighted by Crippen LogP contribution is -2.38. The Morgan fingerprint density at radius 1 is 1.03 bits per heavy atom. The molecule has 1 amide bonds. The highest BCUT2D eigenvalue weighted by molar-refractivity contribution is 7.89. The maximum atomic E-state index is 13.7. The monoisotopic (exact) mass is 474 g/mol. The number of nitrogens with zero attached hydrogens (tertiary/aromatic N) is 2. The average molecular weight is 475 g/mol. The summed E-state index contributed by atoms with van der Waals surface area (Å²) in [6, 6.07) is 12.9. The molecule has 1 atom stereocenters. The van der Waals surface area contributed by atoms with Gasteiger partial charge in [-0.2, -0.15) is 4.31 Å². The van der Waals surface area contributed by atoms with Gasteiger partial charge in [-0.15, -0.1) is 0 Å². The van der Waals surface area contributed by atoms with Crippen LogP contribution in [0.25, 0.3) is 0 Å². The van der Waals surface area contributed by atoms with Crippen LogP contribution in [0.15, 0.2) is 53.4 Å². The number of carbonyl (C=O) groups is 1. The number of halogens is 1. The van der Waals surface area contributed by atoms with Gasteiger partial charge in [0.05, 0.1) is 17.4 Å². The summed E-state index contributed by atoms with van der Waals surface area (Å²) >= 11 is 0. The Morgan fingerprint density at radius 3 is 2.45 bits per heavy atom. The number of hydrogen-bond acceptors (Lipinski definition) is 4. The molecule has 4 rings (SSSR count). The maximum Gasteiger partial charge on any atom is 0.243 e. The van der Waals surface area contributed by atoms with Crippen LogP contribution in [0.5, 0.6) is 0 Å². The van der Waals surface area contributed by atoms with E-state index in [0.29, 0.717) is 32.8 Å². The van der Waals surface area contributed by atoms with E-state index in [1.54, 1.807) is 45.6 Å². The van der Waals surface area contributed by atoms with Gasteiger partial charge >= 0.3 is 0 Å². The SMILES string of the molecule is O=C(Cc1ccc(S(=O)(=O)N2CCCCC2)cc1)N(Cc1cccc(F)c1)CC1CCCO1. The number of hydrogen-bond donors (Lipinski definition) is 0. The summed E-state index contributed by atoms with van der Waals surface area (Å²) in [5.41, 5.74) is 1.47. The highest BCUT2D eigenvalue weighted by Gasteiger charge is 2.26. The largest absolute Gasteiger partial charge is 0.376 e. The van der Waals surface area contributed by atoms with Crippen molar-refractivity contribution in [1.29, 1.82) is 0 Å². The van der Waals surface area contributed by atoms with Crippen LogP contribution in [-0.2, 0) is 32.5 Å². The van der Waals surface area contributed by atoms with Gasteiger partial charge < -0.3 is 9.64 Å². The normalized spacial score (nSPS) is 19.5. The Labute approximate surface area is 195 Å². The predicted molar refractivity (Wildman–Crippen MR) is 124 cm³/mol. The summed E-state index contributed by atoms with van der Waals surface area (Å²) in [7, 11) is -3.50. The fourth-order valence-electron chi connectivity index (χ4n) is 4.46. The number of carbonyl (C=O) groups excluding carboxylic acids is 1. The van der Waals surface area contributed by atoms with Crippen LogP contribution in [-0.4, -0.2) is 55.9 Å². The summed E-state index contributed by atoms with van der Waals surface area (Å²) in [6.07, 6.45) is 4.84. The van der Waals surface area contributed by atoms with E-state index in [4.69, 9.17) is 4.74 Å². The van der Waals surface area contributed by atoms with Crippen LogP contribution >= 0.6 is 0 Å². The van der Waals surface area contributed by atoms with Crippen molar-refractivity contribution >= 4 is 15.9 Å². The second kappa shape index (κ2) is 10.8. The van der Waals surface area contributed by atoms with E-state index in [9.17, 15) is 17.6 Å². The summed E-state index contributed by atoms with van der Waals surface area (Å²) in [5, 5.41) is 0. The molecule has 2 aromatic rings. The number of amides is 1. The first kappa shape index (κ1) is 23.9. The Bertz CT molecular complexity index is 1050. The molecule has 0 bridgehead atoms. The number of piperidine rings is 1. The average Bonchev–Trinajstić information content (AvgIpc) is 3.33. The third kappa shape index (κ3) is 6.19. The Hall–Kier alpha value is -2.29. The minimum Gasteiger partial charge on any atom is -0.376 e. The standard InChI is InChI=1S/C25H31FN2O4S/c26-22-7-4-6-21(16-22)18-27(19-23-8-5-15-32-23)25(29)17-20-9-11-24(12-10-20)33(30,31)28-13-2-1-3-14-28/h4,6-7,9-12,16,23H,1-3,5,8,13-15,17-19H2.